The van der Waals surface area contributed by atoms with Gasteiger partial charge in [-0.15, -0.1) is 11.3 Å². The zero-order chi connectivity index (χ0) is 31.9. The normalized spacial score (nSPS) is 12.8. The Bertz CT molecular complexity index is 1470. The molecule has 1 atom stereocenters. The zero-order valence-corrected chi connectivity index (χ0v) is 22.5. The third-order valence-electron chi connectivity index (χ3n) is 6.22. The van der Waals surface area contributed by atoms with Gasteiger partial charge in [0.1, 0.15) is 11.4 Å². The minimum atomic E-state index is -3.33. The molecule has 0 fully saturated rings. The second kappa shape index (κ2) is 11.4. The molecule has 0 saturated carbocycles. The van der Waals surface area contributed by atoms with E-state index in [1.807, 2.05) is 0 Å². The lowest BCUT2D eigenvalue weighted by Gasteiger charge is -2.28. The number of methoxy groups -OCH3 is 1. The number of amides is 1. The van der Waals surface area contributed by atoms with Gasteiger partial charge < -0.3 is 77.1 Å². The van der Waals surface area contributed by atoms with E-state index < -0.39 is 99.6 Å². The van der Waals surface area contributed by atoms with E-state index in [1.54, 1.807) is 5.32 Å². The van der Waals surface area contributed by atoms with E-state index >= 15 is 0 Å². The number of thiazole rings is 1. The molecular formula is C23H28N4O14S. The third-order valence-corrected chi connectivity index (χ3v) is 6.89. The third kappa shape index (κ3) is 5.78. The number of aliphatic hydroxyl groups is 4. The van der Waals surface area contributed by atoms with Crippen LogP contribution in [-0.4, -0.2) is 91.7 Å². The first-order chi connectivity index (χ1) is 19.3. The summed E-state index contributed by atoms with van der Waals surface area (Å²) >= 11 is 0.764. The first-order valence-corrected chi connectivity index (χ1v) is 12.4. The summed E-state index contributed by atoms with van der Waals surface area (Å²) in [6, 6.07) is 0. The van der Waals surface area contributed by atoms with Crippen molar-refractivity contribution >= 4 is 28.1 Å². The molecule has 1 aromatic heterocycles. The van der Waals surface area contributed by atoms with Gasteiger partial charge in [0, 0.05) is 36.6 Å². The maximum atomic E-state index is 12.5. The van der Waals surface area contributed by atoms with Crippen molar-refractivity contribution in [1.29, 1.82) is 0 Å². The minimum Gasteiger partial charge on any atom is -0.504 e. The van der Waals surface area contributed by atoms with Crippen LogP contribution in [0.15, 0.2) is 5.38 Å². The molecule has 0 aliphatic rings. The van der Waals surface area contributed by atoms with Crippen molar-refractivity contribution in [3.63, 3.8) is 0 Å². The molecule has 18 nitrogen and oxygen atoms in total. The van der Waals surface area contributed by atoms with Crippen LogP contribution in [0.3, 0.4) is 0 Å². The molecule has 0 bridgehead atoms. The van der Waals surface area contributed by atoms with Gasteiger partial charge in [-0.1, -0.05) is 0 Å². The summed E-state index contributed by atoms with van der Waals surface area (Å²) in [5.74, 6) is -17.0. The Labute approximate surface area is 239 Å². The topological polar surface area (TPSA) is 332 Å². The first kappa shape index (κ1) is 32.0. The van der Waals surface area contributed by atoms with Gasteiger partial charge in [-0.2, -0.15) is 0 Å². The van der Waals surface area contributed by atoms with E-state index in [4.69, 9.17) is 10.5 Å². The Balaban J connectivity index is 1.86. The molecule has 1 amide bonds. The monoisotopic (exact) mass is 616 g/mol. The van der Waals surface area contributed by atoms with Crippen LogP contribution in [-0.2, 0) is 21.7 Å². The maximum absolute atomic E-state index is 12.5. The number of aromatic nitrogens is 1. The fourth-order valence-corrected chi connectivity index (χ4v) is 4.50. The summed E-state index contributed by atoms with van der Waals surface area (Å²) in [7, 11) is 1.13. The molecule has 16 N–H and O–H groups in total. The van der Waals surface area contributed by atoms with E-state index in [0.717, 1.165) is 23.8 Å². The molecule has 0 saturated heterocycles. The van der Waals surface area contributed by atoms with Crippen molar-refractivity contribution in [1.82, 2.24) is 10.3 Å². The fraction of sp³-hybridized carbons (Fsp3) is 0.304. The van der Waals surface area contributed by atoms with Gasteiger partial charge in [-0.05, 0) is 6.92 Å². The fourth-order valence-electron chi connectivity index (χ4n) is 3.89. The van der Waals surface area contributed by atoms with Gasteiger partial charge in [0.05, 0.1) is 11.7 Å². The lowest BCUT2D eigenvalue weighted by molar-refractivity contribution is -0.188. The molecule has 230 valence electrons. The molecule has 42 heavy (non-hydrogen) atoms. The van der Waals surface area contributed by atoms with Gasteiger partial charge >= 0.3 is 0 Å². The maximum Gasteiger partial charge on any atom is 0.291 e. The predicted molar refractivity (Wildman–Crippen MR) is 141 cm³/mol. The average Bonchev–Trinajstić information content (AvgIpc) is 3.38. The summed E-state index contributed by atoms with van der Waals surface area (Å²) < 4.78 is 5.17. The van der Waals surface area contributed by atoms with Gasteiger partial charge in [0.15, 0.2) is 39.6 Å². The molecule has 3 rings (SSSR count). The highest BCUT2D eigenvalue weighted by Gasteiger charge is 2.40. The molecule has 3 aromatic rings. The van der Waals surface area contributed by atoms with Crippen molar-refractivity contribution in [3.8, 4) is 46.0 Å². The van der Waals surface area contributed by atoms with Crippen LogP contribution in [0.2, 0.25) is 0 Å². The number of nitrogens with one attached hydrogen (secondary N) is 2. The number of phenols is 8. The highest BCUT2D eigenvalue weighted by Crippen LogP contribution is 2.51. The standard InChI is InChI=1S/C23H28N4O14S/c1-6-10(15(31)19(35)18(34)12(6)28)8(41-2)4-25-22(37,38)3-7-13(29)16(32)11(17(33)14(7)30)27-20(36)23(39,40)9-5-42-21(24)26-9/h5,8,25,28-35,37-40H,3-4H2,1-2H3,(H2,24,26)(H,27,36). The van der Waals surface area contributed by atoms with Crippen molar-refractivity contribution in [2.24, 2.45) is 0 Å². The molecule has 2 aromatic carbocycles. The number of nitrogen functional groups attached to an aromatic ring is 1. The highest BCUT2D eigenvalue weighted by atomic mass is 32.1. The average molecular weight is 617 g/mol. The molecule has 0 aliphatic carbocycles. The summed E-state index contributed by atoms with van der Waals surface area (Å²) in [6.45, 7) is 0.665. The number of nitrogens with zero attached hydrogens (tertiary/aromatic N) is 1. The van der Waals surface area contributed by atoms with Crippen molar-refractivity contribution in [2.45, 2.75) is 31.1 Å². The zero-order valence-electron chi connectivity index (χ0n) is 21.7. The number of benzene rings is 2. The summed E-state index contributed by atoms with van der Waals surface area (Å²) in [5, 5.41) is 127. The Morgan fingerprint density at radius 3 is 1.98 bits per heavy atom. The highest BCUT2D eigenvalue weighted by molar-refractivity contribution is 7.13. The number of hydrogen-bond donors (Lipinski definition) is 15. The number of carbonyl (C=O) groups excluding carboxylic acids is 1. The van der Waals surface area contributed by atoms with Gasteiger partial charge in [0.25, 0.3) is 11.7 Å². The van der Waals surface area contributed by atoms with Crippen LogP contribution < -0.4 is 16.4 Å². The van der Waals surface area contributed by atoms with E-state index in [1.165, 1.54) is 6.92 Å². The molecule has 0 spiro atoms. The van der Waals surface area contributed by atoms with Crippen molar-refractivity contribution in [2.75, 3.05) is 24.7 Å². The second-order valence-electron chi connectivity index (χ2n) is 8.98. The minimum absolute atomic E-state index is 0.121. The molecule has 19 heteroatoms. The molecule has 0 radical (unpaired) electrons. The number of hydrogen-bond acceptors (Lipinski definition) is 18. The van der Waals surface area contributed by atoms with Gasteiger partial charge in [-0.3, -0.25) is 10.1 Å². The van der Waals surface area contributed by atoms with Crippen LogP contribution in [0.25, 0.3) is 0 Å². The Morgan fingerprint density at radius 2 is 1.48 bits per heavy atom. The molecular weight excluding hydrogens is 588 g/mol. The molecule has 1 unspecified atom stereocenters. The molecule has 0 aliphatic heterocycles. The Hall–Kier alpha value is -4.50. The summed E-state index contributed by atoms with van der Waals surface area (Å²) in [6.07, 6.45) is -2.47. The number of anilines is 2. The largest absolute Gasteiger partial charge is 0.504 e. The second-order valence-corrected chi connectivity index (χ2v) is 9.87. The number of rotatable bonds is 10. The Kier molecular flexibility index (Phi) is 8.70. The molecule has 1 heterocycles. The van der Waals surface area contributed by atoms with E-state index in [2.05, 4.69) is 10.3 Å². The first-order valence-electron chi connectivity index (χ1n) is 11.5. The van der Waals surface area contributed by atoms with Gasteiger partial charge in [0.2, 0.25) is 17.4 Å². The van der Waals surface area contributed by atoms with Crippen LogP contribution in [0, 0.1) is 6.92 Å². The summed E-state index contributed by atoms with van der Waals surface area (Å²) in [5.41, 5.74) is 2.47. The van der Waals surface area contributed by atoms with Gasteiger partial charge in [-0.25, -0.2) is 4.98 Å². The van der Waals surface area contributed by atoms with E-state index in [-0.39, 0.29) is 16.3 Å². The smallest absolute Gasteiger partial charge is 0.291 e. The van der Waals surface area contributed by atoms with Crippen LogP contribution in [0.4, 0.5) is 10.8 Å². The predicted octanol–water partition coefficient (Wildman–Crippen LogP) is -1.39. The lowest BCUT2D eigenvalue weighted by atomic mass is 9.98. The van der Waals surface area contributed by atoms with Crippen LogP contribution in [0.5, 0.6) is 46.0 Å². The SMILES string of the molecule is COC(CNC(O)(O)Cc1c(O)c(O)c(NC(=O)C(O)(O)c2csc(N)n2)c(O)c1O)c1c(C)c(O)c(O)c(O)c1O. The lowest BCUT2D eigenvalue weighted by Crippen LogP contribution is -2.48. The number of ether oxygens (including phenoxy) is 1. The van der Waals surface area contributed by atoms with Crippen LogP contribution in [0.1, 0.15) is 28.5 Å². The number of phenolic OH excluding ortho intramolecular Hbond substituents is 8. The van der Waals surface area contributed by atoms with Crippen molar-refractivity contribution < 1.29 is 70.8 Å². The van der Waals surface area contributed by atoms with Crippen molar-refractivity contribution in [3.05, 3.63) is 27.8 Å². The van der Waals surface area contributed by atoms with E-state index in [9.17, 15) is 66.1 Å². The Morgan fingerprint density at radius 1 is 0.929 bits per heavy atom. The number of aromatic hydroxyl groups is 8. The number of nitrogens with two attached hydrogens (primary N) is 1. The van der Waals surface area contributed by atoms with Crippen LogP contribution >= 0.6 is 11.3 Å². The summed E-state index contributed by atoms with van der Waals surface area (Å²) in [4.78, 5) is 16.0. The number of carbonyl (C=O) groups is 1. The quantitative estimate of drug-likeness (QED) is 0.0708. The van der Waals surface area contributed by atoms with E-state index in [0.29, 0.717) is 0 Å².